The van der Waals surface area contributed by atoms with E-state index in [9.17, 15) is 37.1 Å². The zero-order valence-corrected chi connectivity index (χ0v) is 29.6. The third kappa shape index (κ3) is 8.51. The number of rotatable bonds is 14. The molecule has 0 fully saturated rings. The van der Waals surface area contributed by atoms with Crippen molar-refractivity contribution < 1.29 is 46.6 Å². The van der Waals surface area contributed by atoms with Crippen molar-refractivity contribution in [3.05, 3.63) is 118 Å². The number of esters is 2. The van der Waals surface area contributed by atoms with E-state index in [1.807, 2.05) is 0 Å². The van der Waals surface area contributed by atoms with E-state index in [0.29, 0.717) is 22.4 Å². The Balaban J connectivity index is 1.75. The number of Topliss-reactive ketones (excluding diaryl/α,β-unsaturated/α-hetero) is 1. The number of carbonyl (C=O) groups is 5. The molecule has 0 aromatic heterocycles. The van der Waals surface area contributed by atoms with Crippen LogP contribution in [-0.2, 0) is 41.9 Å². The summed E-state index contributed by atoms with van der Waals surface area (Å²) in [5.74, 6) is -3.48. The molecule has 0 saturated carbocycles. The van der Waals surface area contributed by atoms with Crippen molar-refractivity contribution in [2.45, 2.75) is 38.3 Å². The Bertz CT molecular complexity index is 1950. The second-order valence-electron chi connectivity index (χ2n) is 11.9. The Hall–Kier alpha value is -5.49. The van der Waals surface area contributed by atoms with Gasteiger partial charge in [0.25, 0.3) is 5.91 Å². The summed E-state index contributed by atoms with van der Waals surface area (Å²) >= 11 is 6.07. The predicted molar refractivity (Wildman–Crippen MR) is 191 cm³/mol. The van der Waals surface area contributed by atoms with E-state index in [2.05, 4.69) is 5.32 Å². The number of carbonyl (C=O) groups excluding carboxylic acids is 5. The van der Waals surface area contributed by atoms with Gasteiger partial charge in [-0.2, -0.15) is 13.2 Å². The van der Waals surface area contributed by atoms with Crippen LogP contribution in [0, 0.1) is 0 Å². The number of benzene rings is 4. The van der Waals surface area contributed by atoms with Crippen LogP contribution in [0.3, 0.4) is 0 Å². The monoisotopic (exact) mass is 736 g/mol. The molecule has 0 aliphatic heterocycles. The standard InChI is InChI=1S/C39H36ClF3N2O7/c1-5-51-36(49)38(37(50)52-6-2,26-13-16-28(40)17-14-26)22-29(47)20-25-12-19-33(32(23-46)34(25)45(3)4)44-35(48)31-21-27(39(41,42)43)15-18-30(31)24-10-8-7-9-11-24/h7-19,21,23H,5-6,20,22H2,1-4H3,(H,44,48). The predicted octanol–water partition coefficient (Wildman–Crippen LogP) is 7.72. The van der Waals surface area contributed by atoms with Crippen LogP contribution in [-0.4, -0.2) is 57.2 Å². The van der Waals surface area contributed by atoms with E-state index in [1.54, 1.807) is 58.3 Å². The molecule has 0 unspecified atom stereocenters. The molecule has 9 nitrogen and oxygen atoms in total. The number of ketones is 1. The zero-order valence-electron chi connectivity index (χ0n) is 28.8. The lowest BCUT2D eigenvalue weighted by molar-refractivity contribution is -0.166. The van der Waals surface area contributed by atoms with E-state index in [4.69, 9.17) is 21.1 Å². The molecular weight excluding hydrogens is 701 g/mol. The molecule has 4 aromatic rings. The minimum absolute atomic E-state index is 0.0233. The van der Waals surface area contributed by atoms with Gasteiger partial charge in [-0.3, -0.25) is 24.0 Å². The highest BCUT2D eigenvalue weighted by atomic mass is 35.5. The van der Waals surface area contributed by atoms with Crippen molar-refractivity contribution in [2.75, 3.05) is 37.5 Å². The van der Waals surface area contributed by atoms with Gasteiger partial charge in [0.05, 0.1) is 35.7 Å². The molecule has 0 heterocycles. The lowest BCUT2D eigenvalue weighted by Gasteiger charge is -2.29. The van der Waals surface area contributed by atoms with Crippen LogP contribution in [0.25, 0.3) is 11.1 Å². The van der Waals surface area contributed by atoms with Crippen molar-refractivity contribution >= 4 is 52.9 Å². The highest BCUT2D eigenvalue weighted by molar-refractivity contribution is 6.30. The fraction of sp³-hybridized carbons (Fsp3) is 0.256. The van der Waals surface area contributed by atoms with Gasteiger partial charge in [-0.05, 0) is 66.4 Å². The smallest absolute Gasteiger partial charge is 0.416 e. The molecular formula is C39H36ClF3N2O7. The van der Waals surface area contributed by atoms with Crippen LogP contribution in [0.4, 0.5) is 24.5 Å². The van der Waals surface area contributed by atoms with Crippen molar-refractivity contribution in [3.63, 3.8) is 0 Å². The van der Waals surface area contributed by atoms with Gasteiger partial charge in [0, 0.05) is 37.5 Å². The van der Waals surface area contributed by atoms with Crippen LogP contribution in [0.1, 0.15) is 57.7 Å². The first kappa shape index (κ1) is 39.3. The average molecular weight is 737 g/mol. The summed E-state index contributed by atoms with van der Waals surface area (Å²) in [5, 5.41) is 2.91. The number of anilines is 2. The summed E-state index contributed by atoms with van der Waals surface area (Å²) in [6.45, 7) is 2.93. The van der Waals surface area contributed by atoms with E-state index in [1.165, 1.54) is 47.4 Å². The van der Waals surface area contributed by atoms with Gasteiger partial charge in [0.1, 0.15) is 5.78 Å². The van der Waals surface area contributed by atoms with Crippen molar-refractivity contribution in [1.82, 2.24) is 0 Å². The summed E-state index contributed by atoms with van der Waals surface area (Å²) < 4.78 is 51.7. The topological polar surface area (TPSA) is 119 Å². The molecule has 0 saturated heterocycles. The molecule has 1 amide bonds. The van der Waals surface area contributed by atoms with Gasteiger partial charge in [0.15, 0.2) is 11.7 Å². The molecule has 4 rings (SSSR count). The summed E-state index contributed by atoms with van der Waals surface area (Å²) in [4.78, 5) is 68.7. The van der Waals surface area contributed by atoms with E-state index >= 15 is 0 Å². The number of hydrogen-bond acceptors (Lipinski definition) is 8. The van der Waals surface area contributed by atoms with E-state index < -0.39 is 47.2 Å². The second-order valence-corrected chi connectivity index (χ2v) is 12.3. The van der Waals surface area contributed by atoms with Gasteiger partial charge < -0.3 is 19.7 Å². The maximum atomic E-state index is 13.9. The van der Waals surface area contributed by atoms with E-state index in [-0.39, 0.29) is 53.3 Å². The number of nitrogens with zero attached hydrogens (tertiary/aromatic N) is 1. The molecule has 0 atom stereocenters. The molecule has 13 heteroatoms. The maximum Gasteiger partial charge on any atom is 0.416 e. The Labute approximate surface area is 303 Å². The van der Waals surface area contributed by atoms with Gasteiger partial charge in [-0.15, -0.1) is 0 Å². The van der Waals surface area contributed by atoms with Crippen LogP contribution < -0.4 is 10.2 Å². The lowest BCUT2D eigenvalue weighted by Crippen LogP contribution is -2.48. The Kier molecular flexibility index (Phi) is 12.6. The van der Waals surface area contributed by atoms with Gasteiger partial charge >= 0.3 is 18.1 Å². The van der Waals surface area contributed by atoms with Crippen LogP contribution in [0.5, 0.6) is 0 Å². The Morgan fingerprint density at radius 3 is 1.96 bits per heavy atom. The third-order valence-corrected chi connectivity index (χ3v) is 8.48. The minimum atomic E-state index is -4.73. The first-order valence-electron chi connectivity index (χ1n) is 16.2. The quantitative estimate of drug-likeness (QED) is 0.0794. The summed E-state index contributed by atoms with van der Waals surface area (Å²) in [6, 6.07) is 19.9. The number of hydrogen-bond donors (Lipinski definition) is 1. The SMILES string of the molecule is CCOC(=O)C(CC(=O)Cc1ccc(NC(=O)c2cc(C(F)(F)F)ccc2-c2ccccc2)c(C=O)c1N(C)C)(C(=O)OCC)c1ccc(Cl)cc1. The number of amides is 1. The summed E-state index contributed by atoms with van der Waals surface area (Å²) in [5.41, 5.74) is -2.17. The number of nitrogens with one attached hydrogen (secondary N) is 1. The average Bonchev–Trinajstić information content (AvgIpc) is 3.11. The largest absolute Gasteiger partial charge is 0.465 e. The Morgan fingerprint density at radius 2 is 1.42 bits per heavy atom. The molecule has 4 aromatic carbocycles. The number of aldehydes is 1. The lowest BCUT2D eigenvalue weighted by atomic mass is 9.75. The van der Waals surface area contributed by atoms with Crippen LogP contribution in [0.2, 0.25) is 5.02 Å². The highest BCUT2D eigenvalue weighted by Gasteiger charge is 2.52. The van der Waals surface area contributed by atoms with Crippen molar-refractivity contribution in [1.29, 1.82) is 0 Å². The molecule has 272 valence electrons. The summed E-state index contributed by atoms with van der Waals surface area (Å²) in [7, 11) is 3.19. The fourth-order valence-corrected chi connectivity index (χ4v) is 6.02. The van der Waals surface area contributed by atoms with Crippen molar-refractivity contribution in [2.24, 2.45) is 0 Å². The second kappa shape index (κ2) is 16.7. The maximum absolute atomic E-state index is 13.9. The van der Waals surface area contributed by atoms with Gasteiger partial charge in [-0.1, -0.05) is 66.2 Å². The molecule has 0 bridgehead atoms. The molecule has 0 spiro atoms. The molecule has 0 aliphatic rings. The highest BCUT2D eigenvalue weighted by Crippen LogP contribution is 2.37. The van der Waals surface area contributed by atoms with Crippen LogP contribution >= 0.6 is 11.6 Å². The molecule has 0 radical (unpaired) electrons. The fourth-order valence-electron chi connectivity index (χ4n) is 5.90. The van der Waals surface area contributed by atoms with Crippen LogP contribution in [0.15, 0.2) is 84.9 Å². The van der Waals surface area contributed by atoms with Gasteiger partial charge in [0.2, 0.25) is 0 Å². The molecule has 52 heavy (non-hydrogen) atoms. The van der Waals surface area contributed by atoms with Gasteiger partial charge in [-0.25, -0.2) is 0 Å². The first-order valence-corrected chi connectivity index (χ1v) is 16.5. The van der Waals surface area contributed by atoms with Crippen molar-refractivity contribution in [3.8, 4) is 11.1 Å². The first-order chi connectivity index (χ1) is 24.7. The third-order valence-electron chi connectivity index (χ3n) is 8.22. The number of alkyl halides is 3. The number of halogens is 4. The minimum Gasteiger partial charge on any atom is -0.465 e. The van der Waals surface area contributed by atoms with E-state index in [0.717, 1.165) is 12.1 Å². The number of ether oxygens (including phenoxy) is 2. The summed E-state index contributed by atoms with van der Waals surface area (Å²) in [6.07, 6.45) is -5.30. The molecule has 1 N–H and O–H groups in total. The normalized spacial score (nSPS) is 11.4. The zero-order chi connectivity index (χ0) is 38.2. The Morgan fingerprint density at radius 1 is 0.827 bits per heavy atom. The molecule has 0 aliphatic carbocycles.